The van der Waals surface area contributed by atoms with E-state index in [1.165, 1.54) is 30.9 Å². The van der Waals surface area contributed by atoms with Gasteiger partial charge in [0.05, 0.1) is 33.8 Å². The summed E-state index contributed by atoms with van der Waals surface area (Å²) < 4.78 is 293. The van der Waals surface area contributed by atoms with Gasteiger partial charge in [-0.05, 0) is 169 Å². The van der Waals surface area contributed by atoms with E-state index >= 15 is 0 Å². The van der Waals surface area contributed by atoms with Gasteiger partial charge in [-0.1, -0.05) is 174 Å². The second kappa shape index (κ2) is 24.6. The molecule has 1 unspecified atom stereocenters. The van der Waals surface area contributed by atoms with Crippen molar-refractivity contribution in [2.45, 2.75) is 171 Å². The molecule has 9 heteroatoms. The molecule has 6 aromatic carbocycles. The molecule has 0 saturated carbocycles. The zero-order chi connectivity index (χ0) is 100. The number of benzene rings is 6. The average molecular weight is 1400 g/mol. The standard InChI is InChI=1S/C33H35N2O.2C31H31N2O/c1-8-33(9-2)27-13-11-10-12-22(27)25-16-26-23-15-14-20(5)29(30(23)36-32(26)34-31(25)33)28-17-24(19(3)4)21(6)18-35(28)7;1-17(2)22-14-26(33(7)16-19(22)4)28-18(3)10-11-20-24-13-23-21-9-8-12-32-30(21)31(5,6)25(23)15-27(24)34-29(20)28;1-17(2)22-15-26(33(7)16-19(22)4)27-18(3)12-13-21-24-14-23-20-10-8-9-11-25(20)31(5,6)29(23)32-30(24)34-28(21)27/h10-19H,8-9H2,1-7H3;2*8-17H,1-7H3/q3*+1/i1D3,2D3,6D3,8D2,19D;2*4D3,5D3,6D3,17D. The third-order valence-electron chi connectivity index (χ3n) is 21.3. The Morgan fingerprint density at radius 3 is 1.36 bits per heavy atom. The van der Waals surface area contributed by atoms with Crippen LogP contribution in [0.5, 0.6) is 0 Å². The van der Waals surface area contributed by atoms with Crippen molar-refractivity contribution < 1.29 is 70.8 Å². The lowest BCUT2D eigenvalue weighted by atomic mass is 9.76. The molecule has 0 radical (unpaired) electrons. The van der Waals surface area contributed by atoms with E-state index < -0.39 is 108 Å². The first-order valence-electron chi connectivity index (χ1n) is 50.3. The molecule has 9 nitrogen and oxygen atoms in total. The summed E-state index contributed by atoms with van der Waals surface area (Å²) in [4.78, 5) is 13.8. The number of pyridine rings is 6. The number of rotatable bonds is 8. The second-order valence-electron chi connectivity index (χ2n) is 28.6. The van der Waals surface area contributed by atoms with Gasteiger partial charge in [-0.2, -0.15) is 0 Å². The van der Waals surface area contributed by atoms with Crippen LogP contribution < -0.4 is 13.7 Å². The summed E-state index contributed by atoms with van der Waals surface area (Å²) in [6.07, 6.45) is 2.14. The Hall–Kier alpha value is -10.4. The van der Waals surface area contributed by atoms with E-state index in [2.05, 4.69) is 9.97 Å². The minimum atomic E-state index is -3.21. The van der Waals surface area contributed by atoms with Crippen LogP contribution in [0.15, 0.2) is 178 Å². The fraction of sp³-hybridized carbons (Fsp3) is 0.305. The molecule has 3 aliphatic carbocycles. The molecule has 15 aromatic rings. The predicted molar refractivity (Wildman–Crippen MR) is 427 cm³/mol. The second-order valence-corrected chi connectivity index (χ2v) is 28.6. The fourth-order valence-corrected chi connectivity index (χ4v) is 15.9. The van der Waals surface area contributed by atoms with Crippen molar-refractivity contribution in [2.24, 2.45) is 21.1 Å². The molecule has 9 heterocycles. The van der Waals surface area contributed by atoms with Crippen molar-refractivity contribution >= 4 is 66.1 Å². The maximum absolute atomic E-state index is 9.04. The van der Waals surface area contributed by atoms with E-state index in [-0.39, 0.29) is 61.9 Å². The van der Waals surface area contributed by atoms with E-state index in [4.69, 9.17) is 62.1 Å². The molecule has 104 heavy (non-hydrogen) atoms. The summed E-state index contributed by atoms with van der Waals surface area (Å²) in [7, 11) is 5.19. The van der Waals surface area contributed by atoms with Crippen LogP contribution in [0.1, 0.15) is 241 Å². The van der Waals surface area contributed by atoms with Gasteiger partial charge in [0.2, 0.25) is 28.5 Å². The van der Waals surface area contributed by atoms with Crippen molar-refractivity contribution in [1.29, 1.82) is 0 Å². The van der Waals surface area contributed by atoms with Gasteiger partial charge in [-0.15, -0.1) is 0 Å². The summed E-state index contributed by atoms with van der Waals surface area (Å²) >= 11 is 0. The highest BCUT2D eigenvalue weighted by Crippen LogP contribution is 2.55. The Balaban J connectivity index is 0.000000148. The first kappa shape index (κ1) is 40.6. The summed E-state index contributed by atoms with van der Waals surface area (Å²) in [5.41, 5.74) is 5.69. The number of fused-ring (bicyclic) bond motifs is 18. The highest BCUT2D eigenvalue weighted by molar-refractivity contribution is 6.13. The quantitative estimate of drug-likeness (QED) is 0.141. The number of furan rings is 3. The van der Waals surface area contributed by atoms with E-state index in [1.54, 1.807) is 173 Å². The molecule has 0 saturated heterocycles. The van der Waals surface area contributed by atoms with Crippen LogP contribution in [0.3, 0.4) is 0 Å². The molecule has 522 valence electrons. The van der Waals surface area contributed by atoms with Crippen LogP contribution in [0.25, 0.3) is 133 Å². The van der Waals surface area contributed by atoms with Gasteiger partial charge in [0.25, 0.3) is 0 Å². The molecule has 0 N–H and O–H groups in total. The minimum absolute atomic E-state index is 0.00426. The van der Waals surface area contributed by atoms with Gasteiger partial charge in [0.15, 0.2) is 29.8 Å². The molecule has 9 aromatic heterocycles. The third kappa shape index (κ3) is 10.2. The average Bonchev–Trinajstić information content (AvgIpc) is 1.52. The Morgan fingerprint density at radius 1 is 0.423 bits per heavy atom. The molecule has 0 aliphatic heterocycles. The van der Waals surface area contributed by atoms with Crippen LogP contribution in [-0.4, -0.2) is 15.0 Å². The molecule has 0 amide bonds. The van der Waals surface area contributed by atoms with Crippen molar-refractivity contribution in [3.63, 3.8) is 0 Å². The fourth-order valence-electron chi connectivity index (χ4n) is 15.9. The van der Waals surface area contributed by atoms with Crippen molar-refractivity contribution in [1.82, 2.24) is 15.0 Å². The lowest BCUT2D eigenvalue weighted by Gasteiger charge is -2.28. The predicted octanol–water partition coefficient (Wildman–Crippen LogP) is 23.3. The molecule has 0 bridgehead atoms. The molecule has 3 aliphatic rings. The Kier molecular flexibility index (Phi) is 9.62. The van der Waals surface area contributed by atoms with Crippen LogP contribution in [0.2, 0.25) is 0 Å². The van der Waals surface area contributed by atoms with Gasteiger partial charge < -0.3 is 13.3 Å². The summed E-state index contributed by atoms with van der Waals surface area (Å²) in [6.45, 7) is -9.54. The van der Waals surface area contributed by atoms with E-state index in [0.717, 1.165) is 22.1 Å². The number of nitrogens with zero attached hydrogens (tertiary/aromatic N) is 6. The summed E-state index contributed by atoms with van der Waals surface area (Å²) in [6, 6.07) is 40.0. The number of hydrogen-bond donors (Lipinski definition) is 0. The largest absolute Gasteiger partial charge is 0.455 e. The van der Waals surface area contributed by atoms with E-state index in [1.807, 2.05) is 57.2 Å². The zero-order valence-electron chi connectivity index (χ0n) is 91.7. The topological polar surface area (TPSA) is 89.7 Å². The summed E-state index contributed by atoms with van der Waals surface area (Å²) in [5, 5.41) is 3.87. The maximum atomic E-state index is 9.04. The van der Waals surface area contributed by atoms with E-state index in [0.29, 0.717) is 133 Å². The normalized spacial score (nSPS) is 21.2. The van der Waals surface area contributed by atoms with Crippen LogP contribution in [0.4, 0.5) is 0 Å². The first-order valence-corrected chi connectivity index (χ1v) is 34.3. The number of aryl methyl sites for hydroxylation is 9. The third-order valence-corrected chi connectivity index (χ3v) is 21.3. The van der Waals surface area contributed by atoms with Gasteiger partial charge in [-0.3, -0.25) is 4.98 Å². The van der Waals surface area contributed by atoms with Crippen LogP contribution in [0, 0.1) is 41.3 Å². The van der Waals surface area contributed by atoms with Gasteiger partial charge in [-0.25, -0.2) is 23.7 Å². The lowest BCUT2D eigenvalue weighted by Crippen LogP contribution is -2.32. The van der Waals surface area contributed by atoms with Crippen LogP contribution in [-0.2, 0) is 37.4 Å². The molecule has 18 rings (SSSR count). The molecule has 1 atom stereocenters. The van der Waals surface area contributed by atoms with Crippen molar-refractivity contribution in [2.75, 3.05) is 0 Å². The number of hydrogen-bond acceptors (Lipinski definition) is 6. The summed E-state index contributed by atoms with van der Waals surface area (Å²) in [5.74, 6) is -3.67. The highest BCUT2D eigenvalue weighted by atomic mass is 16.3. The number of aromatic nitrogens is 6. The minimum Gasteiger partial charge on any atom is -0.455 e. The lowest BCUT2D eigenvalue weighted by molar-refractivity contribution is -0.660. The van der Waals surface area contributed by atoms with Gasteiger partial charge in [0, 0.05) is 150 Å². The maximum Gasteiger partial charge on any atom is 0.227 e. The van der Waals surface area contributed by atoms with Gasteiger partial charge >= 0.3 is 0 Å². The van der Waals surface area contributed by atoms with Crippen molar-refractivity contribution in [3.05, 3.63) is 248 Å². The smallest absolute Gasteiger partial charge is 0.227 e. The Labute approximate surface area is 657 Å². The van der Waals surface area contributed by atoms with Gasteiger partial charge in [0.1, 0.15) is 32.3 Å². The first-order chi connectivity index (χ1) is 62.3. The molecule has 0 fully saturated rings. The van der Waals surface area contributed by atoms with Crippen LogP contribution >= 0.6 is 0 Å². The van der Waals surface area contributed by atoms with Crippen molar-refractivity contribution in [3.8, 4) is 67.2 Å². The molecular weight excluding hydrogens is 1270 g/mol. The van der Waals surface area contributed by atoms with E-state index in [9.17, 15) is 0 Å². The molecular formula is C95H97N6O3+3. The zero-order valence-corrected chi connectivity index (χ0v) is 59.7. The molecule has 0 spiro atoms. The SMILES string of the molecule is [2H]C([2H])([2H])CC1(C([2H])([2H])C([2H])([2H])[2H])c2ccccc2-c2cc3c(nc21)oc1c(-c2cc(C([2H])(C)C)c(C([2H])([2H])[2H])c[n+]2C)c(C)ccc13.[2H]C([2H])([2H])c1c[n+](C)c(-c2c(C)ccc3c2oc2cc4c(cc23)-c2cccnc2C4(C([2H])([2H])[2H])C([2H])([2H])[2H])cc1C([2H])(C)C.[2H]C([2H])([2H])c1c[n+](C)c(-c2c(C)ccc3c2oc2nc4c(cc23)-c2ccccc2C4(C([2H])([2H])[2H])C([2H])([2H])[2H])cc1C([2H])(C)C. The Bertz CT molecular complexity index is 7180. The monoisotopic (exact) mass is 1400 g/mol. The highest BCUT2D eigenvalue weighted by Gasteiger charge is 2.44. The Morgan fingerprint density at radius 2 is 0.865 bits per heavy atom.